The van der Waals surface area contributed by atoms with Gasteiger partial charge >= 0.3 is 11.9 Å². The number of nitrogens with one attached hydrogen (secondary N) is 1. The molecule has 118 valence electrons. The summed E-state index contributed by atoms with van der Waals surface area (Å²) in [6.45, 7) is 0. The fourth-order valence-corrected chi connectivity index (χ4v) is 2.12. The largest absolute Gasteiger partial charge is 0.460 e. The molecule has 0 saturated heterocycles. The van der Waals surface area contributed by atoms with Crippen molar-refractivity contribution in [3.05, 3.63) is 58.5 Å². The first-order valence-electron chi connectivity index (χ1n) is 6.24. The summed E-state index contributed by atoms with van der Waals surface area (Å²) < 4.78 is 57.3. The van der Waals surface area contributed by atoms with E-state index in [0.717, 1.165) is 12.1 Å². The Morgan fingerprint density at radius 1 is 1.17 bits per heavy atom. The highest BCUT2D eigenvalue weighted by Gasteiger charge is 2.37. The Labute approximate surface area is 125 Å². The predicted octanol–water partition coefficient (Wildman–Crippen LogP) is 3.25. The number of alkyl halides is 3. The van der Waals surface area contributed by atoms with Crippen LogP contribution in [-0.4, -0.2) is 15.1 Å². The molecule has 9 heteroatoms. The molecule has 0 aliphatic carbocycles. The van der Waals surface area contributed by atoms with Crippen LogP contribution in [0.2, 0.25) is 0 Å². The summed E-state index contributed by atoms with van der Waals surface area (Å²) in [5, 5.41) is 2.20. The summed E-state index contributed by atoms with van der Waals surface area (Å²) in [5.41, 5.74) is -1.55. The molecule has 0 aliphatic rings. The zero-order chi connectivity index (χ0) is 16.6. The number of halogens is 4. The molecule has 0 fully saturated rings. The van der Waals surface area contributed by atoms with Crippen molar-refractivity contribution in [2.45, 2.75) is 6.18 Å². The van der Waals surface area contributed by atoms with Crippen LogP contribution in [0, 0.1) is 5.82 Å². The highest BCUT2D eigenvalue weighted by molar-refractivity contribution is 5.71. The Hall–Kier alpha value is -2.97. The monoisotopic (exact) mass is 325 g/mol. The van der Waals surface area contributed by atoms with Gasteiger partial charge in [-0.2, -0.15) is 23.3 Å². The van der Waals surface area contributed by atoms with E-state index < -0.39 is 23.3 Å². The molecule has 1 N–H and O–H groups in total. The molecule has 0 spiro atoms. The van der Waals surface area contributed by atoms with Gasteiger partial charge in [0, 0.05) is 6.20 Å². The molecule has 0 aliphatic heterocycles. The molecule has 2 heterocycles. The van der Waals surface area contributed by atoms with Crippen LogP contribution in [0.15, 0.2) is 45.8 Å². The molecular weight excluding hydrogens is 318 g/mol. The summed E-state index contributed by atoms with van der Waals surface area (Å²) in [6.07, 6.45) is -3.63. The molecule has 2 aromatic heterocycles. The lowest BCUT2D eigenvalue weighted by atomic mass is 9.99. The number of nitrogens with zero attached hydrogens (tertiary/aromatic N) is 2. The molecule has 1 aromatic carbocycles. The third-order valence-corrected chi connectivity index (χ3v) is 3.05. The smallest absolute Gasteiger partial charge is 0.321 e. The third kappa shape index (κ3) is 2.85. The number of aromatic nitrogens is 3. The van der Waals surface area contributed by atoms with E-state index in [2.05, 4.69) is 19.6 Å². The lowest BCUT2D eigenvalue weighted by molar-refractivity contribution is -0.139. The van der Waals surface area contributed by atoms with Gasteiger partial charge < -0.3 is 4.52 Å². The molecule has 0 saturated carbocycles. The van der Waals surface area contributed by atoms with Gasteiger partial charge in [-0.1, -0.05) is 12.1 Å². The molecular formula is C14H7F4N3O2. The summed E-state index contributed by atoms with van der Waals surface area (Å²) in [6, 6.07) is 5.61. The van der Waals surface area contributed by atoms with E-state index in [1.165, 1.54) is 24.4 Å². The van der Waals surface area contributed by atoms with E-state index in [4.69, 9.17) is 0 Å². The highest BCUT2D eigenvalue weighted by Crippen LogP contribution is 2.39. The van der Waals surface area contributed by atoms with Gasteiger partial charge in [-0.05, 0) is 29.3 Å². The van der Waals surface area contributed by atoms with Gasteiger partial charge in [0.25, 0.3) is 0 Å². The van der Waals surface area contributed by atoms with Gasteiger partial charge in [-0.3, -0.25) is 4.98 Å². The number of pyridine rings is 1. The van der Waals surface area contributed by atoms with Crippen LogP contribution in [0.5, 0.6) is 0 Å². The van der Waals surface area contributed by atoms with Crippen molar-refractivity contribution in [2.24, 2.45) is 0 Å². The van der Waals surface area contributed by atoms with Crippen molar-refractivity contribution in [2.75, 3.05) is 0 Å². The molecule has 23 heavy (non-hydrogen) atoms. The minimum Gasteiger partial charge on any atom is -0.321 e. The second-order valence-corrected chi connectivity index (χ2v) is 4.52. The van der Waals surface area contributed by atoms with Crippen molar-refractivity contribution in [3.8, 4) is 22.6 Å². The van der Waals surface area contributed by atoms with Crippen LogP contribution >= 0.6 is 0 Å². The second kappa shape index (κ2) is 5.34. The van der Waals surface area contributed by atoms with E-state index in [1.807, 2.05) is 0 Å². The van der Waals surface area contributed by atoms with Crippen LogP contribution in [0.1, 0.15) is 5.56 Å². The van der Waals surface area contributed by atoms with Crippen LogP contribution in [0.3, 0.4) is 0 Å². The molecule has 0 amide bonds. The maximum Gasteiger partial charge on any atom is 0.460 e. The second-order valence-electron chi connectivity index (χ2n) is 4.52. The Morgan fingerprint density at radius 3 is 2.61 bits per heavy atom. The molecule has 5 nitrogen and oxygen atoms in total. The van der Waals surface area contributed by atoms with Crippen LogP contribution in [0.4, 0.5) is 17.6 Å². The number of rotatable bonds is 2. The normalized spacial score (nSPS) is 11.7. The number of hydrogen-bond donors (Lipinski definition) is 1. The molecule has 0 radical (unpaired) electrons. The topological polar surface area (TPSA) is 71.8 Å². The van der Waals surface area contributed by atoms with Gasteiger partial charge in [0.2, 0.25) is 0 Å². The quantitative estimate of drug-likeness (QED) is 0.734. The zero-order valence-corrected chi connectivity index (χ0v) is 11.2. The molecule has 0 atom stereocenters. The van der Waals surface area contributed by atoms with Crippen LogP contribution in [-0.2, 0) is 6.18 Å². The number of benzene rings is 1. The molecule has 3 aromatic rings. The highest BCUT2D eigenvalue weighted by atomic mass is 19.4. The van der Waals surface area contributed by atoms with Crippen molar-refractivity contribution < 1.29 is 22.1 Å². The first-order chi connectivity index (χ1) is 10.9. The Bertz CT molecular complexity index is 915. The average Bonchev–Trinajstić information content (AvgIpc) is 2.92. The minimum absolute atomic E-state index is 0.0400. The van der Waals surface area contributed by atoms with E-state index >= 15 is 0 Å². The van der Waals surface area contributed by atoms with Crippen molar-refractivity contribution in [1.29, 1.82) is 0 Å². The zero-order valence-electron chi connectivity index (χ0n) is 11.2. The van der Waals surface area contributed by atoms with Gasteiger partial charge in [-0.15, -0.1) is 0 Å². The summed E-state index contributed by atoms with van der Waals surface area (Å²) in [5.74, 6) is -2.31. The van der Waals surface area contributed by atoms with Gasteiger partial charge in [0.15, 0.2) is 5.82 Å². The SMILES string of the molecule is O=c1nc(-c2cc(-c3cccc(F)c3C(F)(F)F)ccn2)[nH]o1. The van der Waals surface area contributed by atoms with Gasteiger partial charge in [0.05, 0.1) is 5.56 Å². The molecule has 0 unspecified atom stereocenters. The maximum absolute atomic E-state index is 13.6. The average molecular weight is 325 g/mol. The van der Waals surface area contributed by atoms with Gasteiger partial charge in [-0.25, -0.2) is 9.18 Å². The fourth-order valence-electron chi connectivity index (χ4n) is 2.12. The minimum atomic E-state index is -4.85. The fraction of sp³-hybridized carbons (Fsp3) is 0.0714. The Morgan fingerprint density at radius 2 is 1.96 bits per heavy atom. The maximum atomic E-state index is 13.6. The van der Waals surface area contributed by atoms with E-state index in [0.29, 0.717) is 0 Å². The first-order valence-corrected chi connectivity index (χ1v) is 6.24. The van der Waals surface area contributed by atoms with Crippen molar-refractivity contribution >= 4 is 0 Å². The summed E-state index contributed by atoms with van der Waals surface area (Å²) >= 11 is 0. The van der Waals surface area contributed by atoms with Gasteiger partial charge in [0.1, 0.15) is 11.5 Å². The summed E-state index contributed by atoms with van der Waals surface area (Å²) in [7, 11) is 0. The Kier molecular flexibility index (Phi) is 3.47. The molecule has 3 rings (SSSR count). The lowest BCUT2D eigenvalue weighted by Crippen LogP contribution is -2.10. The molecule has 0 bridgehead atoms. The summed E-state index contributed by atoms with van der Waals surface area (Å²) in [4.78, 5) is 18.3. The van der Waals surface area contributed by atoms with E-state index in [9.17, 15) is 22.4 Å². The number of hydrogen-bond acceptors (Lipinski definition) is 4. The first kappa shape index (κ1) is 14.9. The Balaban J connectivity index is 2.17. The standard InChI is InChI=1S/C14H7F4N3O2/c15-9-3-1-2-8(11(9)14(16,17)18)7-4-5-19-10(6-7)12-20-13(22)23-21-12/h1-6H,(H,20,21,22). The van der Waals surface area contributed by atoms with E-state index in [1.54, 1.807) is 0 Å². The van der Waals surface area contributed by atoms with Crippen LogP contribution < -0.4 is 5.76 Å². The third-order valence-electron chi connectivity index (χ3n) is 3.05. The van der Waals surface area contributed by atoms with E-state index in [-0.39, 0.29) is 22.6 Å². The number of aromatic amines is 1. The van der Waals surface area contributed by atoms with Crippen molar-refractivity contribution in [3.63, 3.8) is 0 Å². The number of H-pyrrole nitrogens is 1. The van der Waals surface area contributed by atoms with Crippen molar-refractivity contribution in [1.82, 2.24) is 15.1 Å². The lowest BCUT2D eigenvalue weighted by Gasteiger charge is -2.14. The predicted molar refractivity (Wildman–Crippen MR) is 70.8 cm³/mol. The van der Waals surface area contributed by atoms with Crippen LogP contribution in [0.25, 0.3) is 22.6 Å².